The largest absolute Gasteiger partial charge is 0.331 e. The number of ketones is 1. The normalized spacial score (nSPS) is 10.9. The molecule has 0 aliphatic carbocycles. The Kier molecular flexibility index (Phi) is 2.68. The number of benzene rings is 1. The molecule has 90 valence electrons. The van der Waals surface area contributed by atoms with Crippen LogP contribution in [0.4, 0.5) is 0 Å². The molecule has 0 atom stereocenters. The fourth-order valence-corrected chi connectivity index (χ4v) is 2.82. The highest BCUT2D eigenvalue weighted by atomic mass is 32.1. The Balaban J connectivity index is 1.88. The zero-order valence-electron chi connectivity index (χ0n) is 9.83. The second kappa shape index (κ2) is 4.34. The number of carbonyl (C=O) groups excluding carboxylic acids is 1. The number of nitrogens with zero attached hydrogens (tertiary/aromatic N) is 3. The van der Waals surface area contributed by atoms with Gasteiger partial charge in [0.2, 0.25) is 0 Å². The van der Waals surface area contributed by atoms with E-state index >= 15 is 0 Å². The summed E-state index contributed by atoms with van der Waals surface area (Å²) in [6.45, 7) is 0. The Labute approximate surface area is 108 Å². The molecule has 0 bridgehead atoms. The maximum Gasteiger partial charge on any atom is 0.187 e. The molecule has 0 saturated heterocycles. The van der Waals surface area contributed by atoms with E-state index in [9.17, 15) is 4.79 Å². The van der Waals surface area contributed by atoms with Gasteiger partial charge in [-0.15, -0.1) is 11.3 Å². The van der Waals surface area contributed by atoms with Crippen molar-refractivity contribution in [1.29, 1.82) is 0 Å². The van der Waals surface area contributed by atoms with Crippen LogP contribution in [-0.4, -0.2) is 20.3 Å². The van der Waals surface area contributed by atoms with Crippen molar-refractivity contribution in [2.75, 3.05) is 0 Å². The molecule has 4 nitrogen and oxygen atoms in total. The van der Waals surface area contributed by atoms with Gasteiger partial charge < -0.3 is 4.57 Å². The summed E-state index contributed by atoms with van der Waals surface area (Å²) in [6.07, 6.45) is 3.56. The predicted octanol–water partition coefficient (Wildman–Crippen LogP) is 2.46. The van der Waals surface area contributed by atoms with E-state index in [1.54, 1.807) is 28.4 Å². The van der Waals surface area contributed by atoms with Crippen molar-refractivity contribution >= 4 is 27.3 Å². The van der Waals surface area contributed by atoms with Crippen LogP contribution in [0.3, 0.4) is 0 Å². The van der Waals surface area contributed by atoms with E-state index in [1.165, 1.54) is 0 Å². The zero-order valence-corrected chi connectivity index (χ0v) is 10.6. The van der Waals surface area contributed by atoms with Gasteiger partial charge in [0.25, 0.3) is 0 Å². The van der Waals surface area contributed by atoms with Crippen molar-refractivity contribution in [2.45, 2.75) is 6.42 Å². The van der Waals surface area contributed by atoms with Crippen LogP contribution >= 0.6 is 11.3 Å². The first kappa shape index (κ1) is 11.1. The monoisotopic (exact) mass is 257 g/mol. The Morgan fingerprint density at radius 3 is 2.94 bits per heavy atom. The van der Waals surface area contributed by atoms with Crippen molar-refractivity contribution < 1.29 is 4.79 Å². The third-order valence-electron chi connectivity index (χ3n) is 2.75. The lowest BCUT2D eigenvalue weighted by atomic mass is 10.2. The summed E-state index contributed by atoms with van der Waals surface area (Å²) in [6, 6.07) is 7.91. The molecule has 3 aromatic rings. The van der Waals surface area contributed by atoms with Crippen molar-refractivity contribution in [3.63, 3.8) is 0 Å². The van der Waals surface area contributed by atoms with E-state index in [1.807, 2.05) is 31.3 Å². The van der Waals surface area contributed by atoms with E-state index < -0.39 is 0 Å². The molecule has 0 fully saturated rings. The molecule has 2 aromatic heterocycles. The molecule has 0 unspecified atom stereocenters. The van der Waals surface area contributed by atoms with Gasteiger partial charge in [0.05, 0.1) is 29.2 Å². The number of para-hydroxylation sites is 1. The van der Waals surface area contributed by atoms with Crippen LogP contribution in [0.2, 0.25) is 0 Å². The maximum absolute atomic E-state index is 12.1. The van der Waals surface area contributed by atoms with Gasteiger partial charge in [0.1, 0.15) is 10.7 Å². The van der Waals surface area contributed by atoms with Gasteiger partial charge in [-0.1, -0.05) is 12.1 Å². The fraction of sp³-hybridized carbons (Fsp3) is 0.154. The summed E-state index contributed by atoms with van der Waals surface area (Å²) >= 11 is 1.57. The minimum atomic E-state index is 0.0501. The topological polar surface area (TPSA) is 47.8 Å². The van der Waals surface area contributed by atoms with Crippen LogP contribution in [0.25, 0.3) is 10.2 Å². The van der Waals surface area contributed by atoms with Crippen molar-refractivity contribution in [3.8, 4) is 0 Å². The number of rotatable bonds is 3. The molecule has 1 aromatic carbocycles. The van der Waals surface area contributed by atoms with E-state index in [0.717, 1.165) is 15.2 Å². The number of aromatic nitrogens is 3. The maximum atomic E-state index is 12.1. The van der Waals surface area contributed by atoms with E-state index in [2.05, 4.69) is 9.97 Å². The minimum absolute atomic E-state index is 0.0501. The van der Waals surface area contributed by atoms with Gasteiger partial charge in [-0.3, -0.25) is 4.79 Å². The van der Waals surface area contributed by atoms with Crippen LogP contribution in [0.1, 0.15) is 15.5 Å². The molecule has 0 aliphatic rings. The van der Waals surface area contributed by atoms with Crippen molar-refractivity contribution in [2.24, 2.45) is 7.05 Å². The lowest BCUT2D eigenvalue weighted by molar-refractivity contribution is 0.0985. The van der Waals surface area contributed by atoms with Crippen LogP contribution in [-0.2, 0) is 13.5 Å². The van der Waals surface area contributed by atoms with E-state index in [0.29, 0.717) is 12.1 Å². The molecule has 0 saturated carbocycles. The molecular formula is C13H11N3OS. The highest BCUT2D eigenvalue weighted by Crippen LogP contribution is 2.22. The number of hydrogen-bond donors (Lipinski definition) is 0. The molecule has 0 spiro atoms. The number of hydrogen-bond acceptors (Lipinski definition) is 4. The molecule has 0 aliphatic heterocycles. The molecule has 5 heteroatoms. The van der Waals surface area contributed by atoms with Crippen LogP contribution in [0.5, 0.6) is 0 Å². The van der Waals surface area contributed by atoms with Gasteiger partial charge in [-0.05, 0) is 12.1 Å². The van der Waals surface area contributed by atoms with Gasteiger partial charge >= 0.3 is 0 Å². The Morgan fingerprint density at radius 2 is 2.22 bits per heavy atom. The zero-order chi connectivity index (χ0) is 12.5. The highest BCUT2D eigenvalue weighted by Gasteiger charge is 2.13. The number of Topliss-reactive ketones (excluding diaryl/α,β-unsaturated/α-hetero) is 1. The number of carbonyl (C=O) groups is 1. The minimum Gasteiger partial charge on any atom is -0.331 e. The summed E-state index contributed by atoms with van der Waals surface area (Å²) in [5.74, 6) is 0.0501. The first-order valence-electron chi connectivity index (χ1n) is 5.58. The third-order valence-corrected chi connectivity index (χ3v) is 3.79. The van der Waals surface area contributed by atoms with Crippen LogP contribution in [0, 0.1) is 0 Å². The lowest BCUT2D eigenvalue weighted by Gasteiger charge is -1.98. The summed E-state index contributed by atoms with van der Waals surface area (Å²) in [5.41, 5.74) is 1.57. The smallest absolute Gasteiger partial charge is 0.187 e. The van der Waals surface area contributed by atoms with Gasteiger partial charge in [-0.2, -0.15) is 0 Å². The number of aryl methyl sites for hydroxylation is 1. The summed E-state index contributed by atoms with van der Waals surface area (Å²) < 4.78 is 2.85. The second-order valence-corrected chi connectivity index (χ2v) is 5.18. The predicted molar refractivity (Wildman–Crippen MR) is 70.9 cm³/mol. The lowest BCUT2D eigenvalue weighted by Crippen LogP contribution is -2.08. The van der Waals surface area contributed by atoms with E-state index in [-0.39, 0.29) is 5.78 Å². The van der Waals surface area contributed by atoms with Gasteiger partial charge in [0, 0.05) is 7.05 Å². The average molecular weight is 257 g/mol. The SMILES string of the molecule is Cn1cncc1C(=O)Cc1nc2ccccc2s1. The van der Waals surface area contributed by atoms with Crippen LogP contribution < -0.4 is 0 Å². The fourth-order valence-electron chi connectivity index (χ4n) is 1.85. The molecular weight excluding hydrogens is 246 g/mol. The van der Waals surface area contributed by atoms with Gasteiger partial charge in [0.15, 0.2) is 5.78 Å². The van der Waals surface area contributed by atoms with Crippen molar-refractivity contribution in [1.82, 2.24) is 14.5 Å². The first-order chi connectivity index (χ1) is 8.74. The Bertz CT molecular complexity index is 681. The third kappa shape index (κ3) is 1.93. The molecule has 3 rings (SSSR count). The number of fused-ring (bicyclic) bond motifs is 1. The second-order valence-electron chi connectivity index (χ2n) is 4.07. The first-order valence-corrected chi connectivity index (χ1v) is 6.39. The average Bonchev–Trinajstić information content (AvgIpc) is 2.94. The number of imidazole rings is 1. The van der Waals surface area contributed by atoms with Crippen LogP contribution in [0.15, 0.2) is 36.8 Å². The summed E-state index contributed by atoms with van der Waals surface area (Å²) in [7, 11) is 1.82. The Hall–Kier alpha value is -2.01. The highest BCUT2D eigenvalue weighted by molar-refractivity contribution is 7.18. The standard InChI is InChI=1S/C13H11N3OS/c1-16-8-14-7-10(16)11(17)6-13-15-9-4-2-3-5-12(9)18-13/h2-5,7-8H,6H2,1H3. The quantitative estimate of drug-likeness (QED) is 0.677. The van der Waals surface area contributed by atoms with Gasteiger partial charge in [-0.25, -0.2) is 9.97 Å². The van der Waals surface area contributed by atoms with E-state index in [4.69, 9.17) is 0 Å². The molecule has 0 radical (unpaired) electrons. The summed E-state index contributed by atoms with van der Waals surface area (Å²) in [4.78, 5) is 20.5. The van der Waals surface area contributed by atoms with Crippen molar-refractivity contribution in [3.05, 3.63) is 47.5 Å². The molecule has 2 heterocycles. The summed E-state index contributed by atoms with van der Waals surface area (Å²) in [5, 5.41) is 0.849. The molecule has 0 N–H and O–H groups in total. The molecule has 0 amide bonds. The number of thiazole rings is 1. The Morgan fingerprint density at radius 1 is 1.39 bits per heavy atom. The molecule has 18 heavy (non-hydrogen) atoms.